The first kappa shape index (κ1) is 14.9. The minimum absolute atomic E-state index is 0.0379. The molecule has 0 radical (unpaired) electrons. The van der Waals surface area contributed by atoms with E-state index in [1.54, 1.807) is 0 Å². The molecule has 0 spiro atoms. The molecule has 4 nitrogen and oxygen atoms in total. The van der Waals surface area contributed by atoms with Crippen LogP contribution in [-0.2, 0) is 9.53 Å². The van der Waals surface area contributed by atoms with E-state index in [2.05, 4.69) is 5.32 Å². The van der Waals surface area contributed by atoms with Crippen molar-refractivity contribution in [3.8, 4) is 5.75 Å². The molecule has 0 unspecified atom stereocenters. The molecule has 2 atom stereocenters. The van der Waals surface area contributed by atoms with Crippen LogP contribution in [0.15, 0.2) is 30.3 Å². The summed E-state index contributed by atoms with van der Waals surface area (Å²) in [6.45, 7) is 3.32. The molecule has 1 aliphatic heterocycles. The third-order valence-corrected chi connectivity index (χ3v) is 3.38. The second-order valence-corrected chi connectivity index (χ2v) is 5.22. The fourth-order valence-corrected chi connectivity index (χ4v) is 2.28. The van der Waals surface area contributed by atoms with Gasteiger partial charge >= 0.3 is 0 Å². The molecular weight excluding hydrogens is 254 g/mol. The van der Waals surface area contributed by atoms with Gasteiger partial charge in [0.1, 0.15) is 11.9 Å². The zero-order valence-corrected chi connectivity index (χ0v) is 12.0. The van der Waals surface area contributed by atoms with Gasteiger partial charge < -0.3 is 14.8 Å². The molecule has 1 aromatic carbocycles. The number of carbonyl (C=O) groups is 1. The smallest absolute Gasteiger partial charge is 0.220 e. The lowest BCUT2D eigenvalue weighted by Crippen LogP contribution is -2.33. The number of para-hydroxylation sites is 1. The van der Waals surface area contributed by atoms with Crippen LogP contribution in [0.4, 0.5) is 0 Å². The molecule has 1 fully saturated rings. The average Bonchev–Trinajstić information content (AvgIpc) is 2.97. The lowest BCUT2D eigenvalue weighted by Gasteiger charge is -2.16. The fraction of sp³-hybridized carbons (Fsp3) is 0.562. The average molecular weight is 277 g/mol. The van der Waals surface area contributed by atoms with Crippen molar-refractivity contribution in [2.75, 3.05) is 13.2 Å². The summed E-state index contributed by atoms with van der Waals surface area (Å²) >= 11 is 0. The highest BCUT2D eigenvalue weighted by molar-refractivity contribution is 5.75. The maximum absolute atomic E-state index is 11.7. The van der Waals surface area contributed by atoms with Crippen molar-refractivity contribution in [1.82, 2.24) is 5.32 Å². The van der Waals surface area contributed by atoms with Gasteiger partial charge in [0.05, 0.1) is 12.6 Å². The van der Waals surface area contributed by atoms with Gasteiger partial charge in [-0.3, -0.25) is 4.79 Å². The Balaban J connectivity index is 1.60. The summed E-state index contributed by atoms with van der Waals surface area (Å²) in [5, 5.41) is 2.91. The molecule has 20 heavy (non-hydrogen) atoms. The van der Waals surface area contributed by atoms with Crippen molar-refractivity contribution in [2.24, 2.45) is 0 Å². The topological polar surface area (TPSA) is 47.6 Å². The van der Waals surface area contributed by atoms with Crippen LogP contribution < -0.4 is 10.1 Å². The molecule has 110 valence electrons. The van der Waals surface area contributed by atoms with E-state index < -0.39 is 0 Å². The zero-order valence-electron chi connectivity index (χ0n) is 12.0. The Bertz CT molecular complexity index is 401. The van der Waals surface area contributed by atoms with Gasteiger partial charge in [0.2, 0.25) is 5.91 Å². The van der Waals surface area contributed by atoms with E-state index in [-0.39, 0.29) is 18.1 Å². The molecule has 0 aromatic heterocycles. The highest BCUT2D eigenvalue weighted by atomic mass is 16.5. The largest absolute Gasteiger partial charge is 0.489 e. The van der Waals surface area contributed by atoms with Crippen LogP contribution in [0.3, 0.4) is 0 Å². The number of amides is 1. The van der Waals surface area contributed by atoms with Crippen LogP contribution in [0.2, 0.25) is 0 Å². The molecule has 0 bridgehead atoms. The summed E-state index contributed by atoms with van der Waals surface area (Å²) in [7, 11) is 0. The standard InChI is InChI=1S/C16H23NO3/c1-13(20-15-6-3-2-4-7-15)12-17-16(18)10-9-14-8-5-11-19-14/h2-4,6-7,13-14H,5,8-12H2,1H3,(H,17,18)/t13-,14-/m0/s1. The summed E-state index contributed by atoms with van der Waals surface area (Å²) in [6, 6.07) is 9.64. The van der Waals surface area contributed by atoms with Crippen molar-refractivity contribution < 1.29 is 14.3 Å². The molecule has 1 saturated heterocycles. The minimum Gasteiger partial charge on any atom is -0.489 e. The number of hydrogen-bond donors (Lipinski definition) is 1. The van der Waals surface area contributed by atoms with Gasteiger partial charge in [-0.15, -0.1) is 0 Å². The van der Waals surface area contributed by atoms with Crippen LogP contribution in [0, 0.1) is 0 Å². The van der Waals surface area contributed by atoms with E-state index in [4.69, 9.17) is 9.47 Å². The lowest BCUT2D eigenvalue weighted by atomic mass is 10.1. The SMILES string of the molecule is C[C@@H](CNC(=O)CC[C@@H]1CCCO1)Oc1ccccc1. The van der Waals surface area contributed by atoms with Gasteiger partial charge in [-0.05, 0) is 38.3 Å². The maximum Gasteiger partial charge on any atom is 0.220 e. The van der Waals surface area contributed by atoms with E-state index >= 15 is 0 Å². The molecule has 2 rings (SSSR count). The van der Waals surface area contributed by atoms with Crippen LogP contribution in [-0.4, -0.2) is 31.3 Å². The van der Waals surface area contributed by atoms with Crippen LogP contribution in [0.5, 0.6) is 5.75 Å². The summed E-state index contributed by atoms with van der Waals surface area (Å²) in [4.78, 5) is 11.7. The second kappa shape index (κ2) is 7.90. The van der Waals surface area contributed by atoms with Crippen molar-refractivity contribution in [1.29, 1.82) is 0 Å². The van der Waals surface area contributed by atoms with Gasteiger partial charge in [0.15, 0.2) is 0 Å². The van der Waals surface area contributed by atoms with Crippen LogP contribution >= 0.6 is 0 Å². The van der Waals surface area contributed by atoms with Gasteiger partial charge in [-0.25, -0.2) is 0 Å². The summed E-state index contributed by atoms with van der Waals surface area (Å²) < 4.78 is 11.2. The Morgan fingerprint density at radius 2 is 2.25 bits per heavy atom. The van der Waals surface area contributed by atoms with Crippen molar-refractivity contribution >= 4 is 5.91 Å². The Morgan fingerprint density at radius 1 is 1.45 bits per heavy atom. The van der Waals surface area contributed by atoms with Gasteiger partial charge in [-0.2, -0.15) is 0 Å². The number of carbonyl (C=O) groups excluding carboxylic acids is 1. The Kier molecular flexibility index (Phi) is 5.87. The molecule has 1 aliphatic rings. The van der Waals surface area contributed by atoms with E-state index in [9.17, 15) is 4.79 Å². The summed E-state index contributed by atoms with van der Waals surface area (Å²) in [5.41, 5.74) is 0. The highest BCUT2D eigenvalue weighted by Crippen LogP contribution is 2.16. The van der Waals surface area contributed by atoms with E-state index in [0.29, 0.717) is 13.0 Å². The van der Waals surface area contributed by atoms with Gasteiger partial charge in [0.25, 0.3) is 0 Å². The molecule has 0 saturated carbocycles. The van der Waals surface area contributed by atoms with Gasteiger partial charge in [-0.1, -0.05) is 18.2 Å². The van der Waals surface area contributed by atoms with Crippen molar-refractivity contribution in [3.05, 3.63) is 30.3 Å². The monoisotopic (exact) mass is 277 g/mol. The molecule has 0 aliphatic carbocycles. The second-order valence-electron chi connectivity index (χ2n) is 5.22. The first-order valence-electron chi connectivity index (χ1n) is 7.34. The molecule has 1 aromatic rings. The molecule has 1 N–H and O–H groups in total. The Labute approximate surface area is 120 Å². The molecule has 1 heterocycles. The van der Waals surface area contributed by atoms with E-state index in [0.717, 1.165) is 31.6 Å². The number of ether oxygens (including phenoxy) is 2. The maximum atomic E-state index is 11.7. The molecular formula is C16H23NO3. The van der Waals surface area contributed by atoms with E-state index in [1.165, 1.54) is 0 Å². The lowest BCUT2D eigenvalue weighted by molar-refractivity contribution is -0.122. The summed E-state index contributed by atoms with van der Waals surface area (Å²) in [6.07, 6.45) is 3.79. The summed E-state index contributed by atoms with van der Waals surface area (Å²) in [5.74, 6) is 0.901. The quantitative estimate of drug-likeness (QED) is 0.833. The third-order valence-electron chi connectivity index (χ3n) is 3.38. The third kappa shape index (κ3) is 5.21. The first-order valence-corrected chi connectivity index (χ1v) is 7.34. The Morgan fingerprint density at radius 3 is 2.95 bits per heavy atom. The number of rotatable bonds is 7. The van der Waals surface area contributed by atoms with Crippen molar-refractivity contribution in [3.63, 3.8) is 0 Å². The van der Waals surface area contributed by atoms with Gasteiger partial charge in [0, 0.05) is 13.0 Å². The van der Waals surface area contributed by atoms with Crippen LogP contribution in [0.1, 0.15) is 32.6 Å². The molecule has 4 heteroatoms. The fourth-order valence-electron chi connectivity index (χ4n) is 2.28. The predicted octanol–water partition coefficient (Wildman–Crippen LogP) is 2.53. The molecule has 1 amide bonds. The highest BCUT2D eigenvalue weighted by Gasteiger charge is 2.16. The zero-order chi connectivity index (χ0) is 14.2. The van der Waals surface area contributed by atoms with Crippen LogP contribution in [0.25, 0.3) is 0 Å². The first-order chi connectivity index (χ1) is 9.74. The van der Waals surface area contributed by atoms with Crippen molar-refractivity contribution in [2.45, 2.75) is 44.8 Å². The number of nitrogens with one attached hydrogen (secondary N) is 1. The number of benzene rings is 1. The minimum atomic E-state index is -0.0379. The van der Waals surface area contributed by atoms with E-state index in [1.807, 2.05) is 37.3 Å². The normalized spacial score (nSPS) is 19.6. The number of hydrogen-bond acceptors (Lipinski definition) is 3. The Hall–Kier alpha value is -1.55. The predicted molar refractivity (Wildman–Crippen MR) is 77.7 cm³/mol.